The molecule has 37 heavy (non-hydrogen) atoms. The molecule has 1 saturated carbocycles. The van der Waals surface area contributed by atoms with Gasteiger partial charge in [-0.25, -0.2) is 24.9 Å². The molecule has 6 rings (SSSR count). The first-order chi connectivity index (χ1) is 17.9. The Kier molecular flexibility index (Phi) is 5.52. The summed E-state index contributed by atoms with van der Waals surface area (Å²) in [4.78, 5) is 26.0. The van der Waals surface area contributed by atoms with Crippen molar-refractivity contribution in [3.63, 3.8) is 0 Å². The molecule has 1 aliphatic carbocycles. The first-order valence-corrected chi connectivity index (χ1v) is 12.4. The molecule has 0 aromatic carbocycles. The van der Waals surface area contributed by atoms with Crippen LogP contribution in [0.5, 0.6) is 5.75 Å². The third kappa shape index (κ3) is 4.15. The van der Waals surface area contributed by atoms with Gasteiger partial charge in [0.25, 0.3) is 0 Å². The van der Waals surface area contributed by atoms with E-state index in [1.807, 2.05) is 6.92 Å². The summed E-state index contributed by atoms with van der Waals surface area (Å²) in [7, 11) is 0. The van der Waals surface area contributed by atoms with Crippen LogP contribution in [0.2, 0.25) is 0 Å². The minimum absolute atomic E-state index is 0.000143. The third-order valence-electron chi connectivity index (χ3n) is 6.92. The van der Waals surface area contributed by atoms with Gasteiger partial charge in [-0.1, -0.05) is 11.8 Å². The molecule has 12 heteroatoms. The number of fused-ring (bicyclic) bond motifs is 2. The first kappa shape index (κ1) is 23.3. The number of nitrogens with zero attached hydrogens (tertiary/aromatic N) is 7. The van der Waals surface area contributed by atoms with E-state index in [1.165, 1.54) is 30.5 Å². The second-order valence-electron chi connectivity index (χ2n) is 9.29. The molecular formula is C25H21FN8O2S. The van der Waals surface area contributed by atoms with Crippen molar-refractivity contribution in [2.24, 2.45) is 16.6 Å². The highest BCUT2D eigenvalue weighted by atomic mass is 32.2. The van der Waals surface area contributed by atoms with E-state index in [4.69, 9.17) is 14.9 Å². The van der Waals surface area contributed by atoms with E-state index in [0.717, 1.165) is 12.0 Å². The number of pyridine rings is 2. The third-order valence-corrected chi connectivity index (χ3v) is 8.22. The lowest BCUT2D eigenvalue weighted by Gasteiger charge is -2.33. The van der Waals surface area contributed by atoms with Crippen LogP contribution < -0.4 is 10.5 Å². The van der Waals surface area contributed by atoms with Crippen molar-refractivity contribution in [3.05, 3.63) is 72.0 Å². The van der Waals surface area contributed by atoms with E-state index >= 15 is 4.39 Å². The molecular weight excluding hydrogens is 495 g/mol. The number of oxazole rings is 1. The number of thioether (sulfide) groups is 1. The zero-order valence-electron chi connectivity index (χ0n) is 19.8. The van der Waals surface area contributed by atoms with Crippen LogP contribution in [0.15, 0.2) is 52.7 Å². The maximum Gasteiger partial charge on any atom is 0.232 e. The van der Waals surface area contributed by atoms with E-state index in [-0.39, 0.29) is 17.3 Å². The molecule has 0 spiro atoms. The van der Waals surface area contributed by atoms with Gasteiger partial charge in [-0.3, -0.25) is 4.99 Å². The molecule has 2 aliphatic rings. The number of rotatable bonds is 7. The minimum Gasteiger partial charge on any atom is -0.482 e. The molecule has 3 atom stereocenters. The van der Waals surface area contributed by atoms with Gasteiger partial charge < -0.3 is 14.9 Å². The van der Waals surface area contributed by atoms with Crippen LogP contribution in [0.1, 0.15) is 42.5 Å². The van der Waals surface area contributed by atoms with Crippen LogP contribution in [-0.4, -0.2) is 34.8 Å². The van der Waals surface area contributed by atoms with Gasteiger partial charge in [-0.05, 0) is 25.0 Å². The van der Waals surface area contributed by atoms with Crippen molar-refractivity contribution < 1.29 is 13.5 Å². The molecule has 0 radical (unpaired) electrons. The molecule has 5 heterocycles. The van der Waals surface area contributed by atoms with Crippen molar-refractivity contribution in [3.8, 4) is 11.8 Å². The van der Waals surface area contributed by atoms with Gasteiger partial charge in [0, 0.05) is 34.9 Å². The summed E-state index contributed by atoms with van der Waals surface area (Å²) < 4.78 is 25.6. The smallest absolute Gasteiger partial charge is 0.232 e. The van der Waals surface area contributed by atoms with E-state index in [0.29, 0.717) is 51.9 Å². The highest BCUT2D eigenvalue weighted by Gasteiger charge is 2.66. The summed E-state index contributed by atoms with van der Waals surface area (Å²) in [5.41, 5.74) is 8.23. The summed E-state index contributed by atoms with van der Waals surface area (Å²) in [5.74, 6) is 0.381. The number of ether oxygens (including phenoxy) is 1. The molecule has 186 valence electrons. The molecule has 0 bridgehead atoms. The second kappa shape index (κ2) is 8.77. The average Bonchev–Trinajstić information content (AvgIpc) is 3.36. The number of halogens is 1. The maximum absolute atomic E-state index is 15.1. The van der Waals surface area contributed by atoms with Crippen LogP contribution in [0, 0.1) is 23.2 Å². The standard InChI is InChI=1S/C25H21FN8O2S/c1-24(19-9-25(19,2-3-27)37-23(28)34-24)16-6-14(10-31-22(16)26)7-17-21-18(33-13-32-17)8-15(11-30-21)36-12-20-29-4-5-35-20/h4-6,8,10-11,13,19H,2,7,9,12H2,1H3,(H2,28,34)/t19-,24+,25-/m0/s1. The highest BCUT2D eigenvalue weighted by Crippen LogP contribution is 2.67. The summed E-state index contributed by atoms with van der Waals surface area (Å²) in [6, 6.07) is 5.78. The quantitative estimate of drug-likeness (QED) is 0.361. The summed E-state index contributed by atoms with van der Waals surface area (Å²) in [6.45, 7) is 2.04. The largest absolute Gasteiger partial charge is 0.482 e. The first-order valence-electron chi connectivity index (χ1n) is 11.6. The topological polar surface area (TPSA) is 149 Å². The lowest BCUT2D eigenvalue weighted by molar-refractivity contribution is 0.262. The summed E-state index contributed by atoms with van der Waals surface area (Å²) in [5, 5.41) is 9.68. The molecule has 10 nitrogen and oxygen atoms in total. The number of nitrogens with two attached hydrogens (primary N) is 1. The molecule has 4 aromatic heterocycles. The Labute approximate surface area is 215 Å². The Bertz CT molecular complexity index is 1570. The van der Waals surface area contributed by atoms with Crippen LogP contribution in [-0.2, 0) is 18.6 Å². The predicted octanol–water partition coefficient (Wildman–Crippen LogP) is 3.67. The maximum atomic E-state index is 15.1. The van der Waals surface area contributed by atoms with Crippen molar-refractivity contribution in [1.29, 1.82) is 5.26 Å². The van der Waals surface area contributed by atoms with Crippen LogP contribution >= 0.6 is 11.8 Å². The van der Waals surface area contributed by atoms with Crippen molar-refractivity contribution >= 4 is 28.0 Å². The van der Waals surface area contributed by atoms with Gasteiger partial charge in [-0.15, -0.1) is 0 Å². The monoisotopic (exact) mass is 516 g/mol. The second-order valence-corrected chi connectivity index (χ2v) is 10.7. The number of amidine groups is 1. The van der Waals surface area contributed by atoms with E-state index in [1.54, 1.807) is 24.5 Å². The van der Waals surface area contributed by atoms with Gasteiger partial charge >= 0.3 is 0 Å². The molecule has 4 aromatic rings. The molecule has 0 unspecified atom stereocenters. The fourth-order valence-electron chi connectivity index (χ4n) is 5.05. The molecule has 0 amide bonds. The van der Waals surface area contributed by atoms with E-state index < -0.39 is 11.5 Å². The number of aromatic nitrogens is 5. The Morgan fingerprint density at radius 3 is 2.95 bits per heavy atom. The zero-order valence-corrected chi connectivity index (χ0v) is 20.6. The highest BCUT2D eigenvalue weighted by molar-refractivity contribution is 8.15. The van der Waals surface area contributed by atoms with Crippen molar-refractivity contribution in [2.45, 2.75) is 43.1 Å². The van der Waals surface area contributed by atoms with Crippen LogP contribution in [0.4, 0.5) is 4.39 Å². The average molecular weight is 517 g/mol. The predicted molar refractivity (Wildman–Crippen MR) is 133 cm³/mol. The van der Waals surface area contributed by atoms with Gasteiger partial charge in [0.05, 0.1) is 41.6 Å². The fourth-order valence-corrected chi connectivity index (χ4v) is 6.46. The lowest BCUT2D eigenvalue weighted by atomic mass is 9.85. The Hall–Kier alpha value is -4.11. The Balaban J connectivity index is 1.29. The Morgan fingerprint density at radius 2 is 2.14 bits per heavy atom. The molecule has 1 aliphatic heterocycles. The van der Waals surface area contributed by atoms with Crippen LogP contribution in [0.3, 0.4) is 0 Å². The number of nitriles is 1. The zero-order chi connectivity index (χ0) is 25.6. The summed E-state index contributed by atoms with van der Waals surface area (Å²) >= 11 is 1.42. The van der Waals surface area contributed by atoms with Crippen LogP contribution in [0.25, 0.3) is 11.0 Å². The Morgan fingerprint density at radius 1 is 1.24 bits per heavy atom. The van der Waals surface area contributed by atoms with Gasteiger partial charge in [-0.2, -0.15) is 9.65 Å². The van der Waals surface area contributed by atoms with Crippen molar-refractivity contribution in [1.82, 2.24) is 24.9 Å². The molecule has 1 fully saturated rings. The van der Waals surface area contributed by atoms with Crippen molar-refractivity contribution in [2.75, 3.05) is 0 Å². The number of hydrogen-bond acceptors (Lipinski definition) is 11. The van der Waals surface area contributed by atoms with E-state index in [2.05, 4.69) is 36.0 Å². The van der Waals surface area contributed by atoms with Gasteiger partial charge in [0.1, 0.15) is 23.9 Å². The minimum atomic E-state index is -0.902. The fraction of sp³-hybridized carbons (Fsp3) is 0.320. The van der Waals surface area contributed by atoms with Gasteiger partial charge in [0.15, 0.2) is 11.8 Å². The van der Waals surface area contributed by atoms with Gasteiger partial charge in [0.2, 0.25) is 11.8 Å². The number of aliphatic imine (C=N–C) groups is 1. The summed E-state index contributed by atoms with van der Waals surface area (Å²) in [6.07, 6.45) is 9.02. The lowest BCUT2D eigenvalue weighted by Crippen LogP contribution is -2.36. The number of hydrogen-bond donors (Lipinski definition) is 1. The molecule has 2 N–H and O–H groups in total. The molecule has 0 saturated heterocycles. The SMILES string of the molecule is C[C@]1(c2cc(Cc3ncnc4cc(OCc5ncco5)cnc34)cnc2F)N=C(N)S[C@@]2(CC#N)C[C@H]21. The normalized spacial score (nSPS) is 24.2. The van der Waals surface area contributed by atoms with E-state index in [9.17, 15) is 5.26 Å².